The van der Waals surface area contributed by atoms with E-state index in [9.17, 15) is 4.79 Å². The molecule has 1 saturated heterocycles. The summed E-state index contributed by atoms with van der Waals surface area (Å²) in [7, 11) is 2.02. The Morgan fingerprint density at radius 2 is 1.70 bits per heavy atom. The average molecular weight is 361 g/mol. The largest absolute Gasteiger partial charge is 0.350 e. The van der Waals surface area contributed by atoms with Crippen molar-refractivity contribution in [3.63, 3.8) is 0 Å². The highest BCUT2D eigenvalue weighted by Gasteiger charge is 2.21. The lowest BCUT2D eigenvalue weighted by Gasteiger charge is -2.31. The molecule has 3 aromatic rings. The van der Waals surface area contributed by atoms with Crippen LogP contribution in [0.25, 0.3) is 10.9 Å². The number of piperidine rings is 1. The third-order valence-corrected chi connectivity index (χ3v) is 5.93. The maximum absolute atomic E-state index is 12.8. The molecular formula is C24H28N2O. The number of likely N-dealkylation sites (tertiary alicyclic amines) is 1. The van der Waals surface area contributed by atoms with Gasteiger partial charge in [-0.1, -0.05) is 48.5 Å². The van der Waals surface area contributed by atoms with E-state index in [1.807, 2.05) is 25.4 Å². The van der Waals surface area contributed by atoms with Crippen molar-refractivity contribution in [2.24, 2.45) is 13.0 Å². The van der Waals surface area contributed by atoms with E-state index in [-0.39, 0.29) is 0 Å². The van der Waals surface area contributed by atoms with Crippen LogP contribution in [0.3, 0.4) is 0 Å². The molecule has 0 bridgehead atoms. The Morgan fingerprint density at radius 1 is 1.00 bits per heavy atom. The predicted molar refractivity (Wildman–Crippen MR) is 111 cm³/mol. The lowest BCUT2D eigenvalue weighted by atomic mass is 9.90. The van der Waals surface area contributed by atoms with Crippen LogP contribution in [0.2, 0.25) is 0 Å². The zero-order valence-electron chi connectivity index (χ0n) is 16.1. The van der Waals surface area contributed by atoms with Crippen LogP contribution in [0, 0.1) is 5.92 Å². The molecule has 0 atom stereocenters. The molecule has 0 radical (unpaired) electrons. The molecule has 0 saturated carbocycles. The van der Waals surface area contributed by atoms with Gasteiger partial charge in [0.25, 0.3) is 0 Å². The van der Waals surface area contributed by atoms with Gasteiger partial charge in [-0.3, -0.25) is 9.69 Å². The summed E-state index contributed by atoms with van der Waals surface area (Å²) >= 11 is 0. The minimum atomic E-state index is 0.290. The highest BCUT2D eigenvalue weighted by molar-refractivity contribution is 6.08. The van der Waals surface area contributed by atoms with Gasteiger partial charge in [-0.15, -0.1) is 0 Å². The molecule has 2 aromatic carbocycles. The number of carbonyl (C=O) groups is 1. The Morgan fingerprint density at radius 3 is 2.48 bits per heavy atom. The Labute approximate surface area is 161 Å². The van der Waals surface area contributed by atoms with Gasteiger partial charge < -0.3 is 4.57 Å². The Balaban J connectivity index is 1.29. The van der Waals surface area contributed by atoms with Crippen LogP contribution in [0.5, 0.6) is 0 Å². The van der Waals surface area contributed by atoms with Gasteiger partial charge in [-0.05, 0) is 49.9 Å². The number of para-hydroxylation sites is 1. The molecular weight excluding hydrogens is 332 g/mol. The first kappa shape index (κ1) is 18.0. The molecule has 0 unspecified atom stereocenters. The van der Waals surface area contributed by atoms with Crippen molar-refractivity contribution >= 4 is 16.7 Å². The van der Waals surface area contributed by atoms with Crippen LogP contribution in [0.4, 0.5) is 0 Å². The van der Waals surface area contributed by atoms with Crippen LogP contribution in [0.15, 0.2) is 60.8 Å². The second-order valence-corrected chi connectivity index (χ2v) is 7.84. The van der Waals surface area contributed by atoms with Crippen molar-refractivity contribution in [2.45, 2.75) is 32.2 Å². The molecule has 1 fully saturated rings. The van der Waals surface area contributed by atoms with Crippen LogP contribution in [-0.2, 0) is 13.6 Å². The monoisotopic (exact) mass is 360 g/mol. The summed E-state index contributed by atoms with van der Waals surface area (Å²) < 4.78 is 2.06. The van der Waals surface area contributed by atoms with Crippen molar-refractivity contribution < 1.29 is 4.79 Å². The van der Waals surface area contributed by atoms with Gasteiger partial charge in [0.15, 0.2) is 5.78 Å². The molecule has 3 nitrogen and oxygen atoms in total. The van der Waals surface area contributed by atoms with Crippen LogP contribution in [-0.4, -0.2) is 28.3 Å². The molecule has 140 valence electrons. The third-order valence-electron chi connectivity index (χ3n) is 5.93. The number of hydrogen-bond donors (Lipinski definition) is 0. The fraction of sp³-hybridized carbons (Fsp3) is 0.375. The van der Waals surface area contributed by atoms with Crippen molar-refractivity contribution in [1.82, 2.24) is 9.47 Å². The first-order valence-corrected chi connectivity index (χ1v) is 10.0. The Bertz CT molecular complexity index is 905. The lowest BCUT2D eigenvalue weighted by Crippen LogP contribution is -2.33. The zero-order chi connectivity index (χ0) is 18.6. The SMILES string of the molecule is Cn1cc(C(=O)CCC2CCN(Cc3ccccc3)CC2)c2ccccc21. The number of benzene rings is 2. The molecule has 1 aromatic heterocycles. The first-order valence-electron chi connectivity index (χ1n) is 10.0. The molecule has 27 heavy (non-hydrogen) atoms. The summed E-state index contributed by atoms with van der Waals surface area (Å²) in [5.41, 5.74) is 3.41. The summed E-state index contributed by atoms with van der Waals surface area (Å²) in [6, 6.07) is 18.9. The quantitative estimate of drug-likeness (QED) is 0.575. The van der Waals surface area contributed by atoms with Gasteiger partial charge in [0, 0.05) is 42.7 Å². The lowest BCUT2D eigenvalue weighted by molar-refractivity contribution is 0.0963. The Kier molecular flexibility index (Phi) is 5.40. The standard InChI is InChI=1S/C24H28N2O/c1-25-18-22(21-9-5-6-10-23(21)25)24(27)12-11-19-13-15-26(16-14-19)17-20-7-3-2-4-8-20/h2-10,18-19H,11-17H2,1H3. The fourth-order valence-corrected chi connectivity index (χ4v) is 4.31. The molecule has 1 aliphatic rings. The van der Waals surface area contributed by atoms with E-state index in [1.54, 1.807) is 0 Å². The fourth-order valence-electron chi connectivity index (χ4n) is 4.31. The average Bonchev–Trinajstić information content (AvgIpc) is 3.05. The molecule has 3 heteroatoms. The van der Waals surface area contributed by atoms with E-state index in [2.05, 4.69) is 51.9 Å². The number of aryl methyl sites for hydroxylation is 1. The summed E-state index contributed by atoms with van der Waals surface area (Å²) in [5.74, 6) is 0.967. The van der Waals surface area contributed by atoms with Crippen molar-refractivity contribution in [3.8, 4) is 0 Å². The summed E-state index contributed by atoms with van der Waals surface area (Å²) in [6.45, 7) is 3.33. The number of hydrogen-bond acceptors (Lipinski definition) is 2. The van der Waals surface area contributed by atoms with E-state index in [0.717, 1.165) is 42.5 Å². The molecule has 2 heterocycles. The normalized spacial score (nSPS) is 16.0. The van der Waals surface area contributed by atoms with Crippen LogP contribution in [0.1, 0.15) is 41.6 Å². The summed E-state index contributed by atoms with van der Waals surface area (Å²) in [6.07, 6.45) is 6.08. The minimum absolute atomic E-state index is 0.290. The highest BCUT2D eigenvalue weighted by Crippen LogP contribution is 2.26. The number of rotatable bonds is 6. The van der Waals surface area contributed by atoms with Gasteiger partial charge >= 0.3 is 0 Å². The van der Waals surface area contributed by atoms with Gasteiger partial charge in [0.2, 0.25) is 0 Å². The second kappa shape index (κ2) is 8.10. The maximum Gasteiger partial charge on any atom is 0.165 e. The number of nitrogens with zero attached hydrogens (tertiary/aromatic N) is 2. The number of aromatic nitrogens is 1. The number of carbonyl (C=O) groups excluding carboxylic acids is 1. The first-order chi connectivity index (χ1) is 13.2. The minimum Gasteiger partial charge on any atom is -0.350 e. The predicted octanol–water partition coefficient (Wildman–Crippen LogP) is 5.05. The van der Waals surface area contributed by atoms with E-state index in [4.69, 9.17) is 0 Å². The van der Waals surface area contributed by atoms with Gasteiger partial charge in [-0.2, -0.15) is 0 Å². The van der Waals surface area contributed by atoms with E-state index in [0.29, 0.717) is 18.1 Å². The second-order valence-electron chi connectivity index (χ2n) is 7.84. The Hall–Kier alpha value is -2.39. The number of Topliss-reactive ketones (excluding diaryl/α,β-unsaturated/α-hetero) is 1. The van der Waals surface area contributed by atoms with E-state index in [1.165, 1.54) is 18.4 Å². The van der Waals surface area contributed by atoms with Crippen molar-refractivity contribution in [3.05, 3.63) is 71.9 Å². The van der Waals surface area contributed by atoms with Gasteiger partial charge in [0.1, 0.15) is 0 Å². The molecule has 1 aliphatic heterocycles. The van der Waals surface area contributed by atoms with Gasteiger partial charge in [-0.25, -0.2) is 0 Å². The maximum atomic E-state index is 12.8. The van der Waals surface area contributed by atoms with E-state index >= 15 is 0 Å². The summed E-state index contributed by atoms with van der Waals surface area (Å²) in [5, 5.41) is 1.09. The molecule has 0 amide bonds. The molecule has 4 rings (SSSR count). The zero-order valence-corrected chi connectivity index (χ0v) is 16.1. The van der Waals surface area contributed by atoms with E-state index < -0.39 is 0 Å². The number of ketones is 1. The van der Waals surface area contributed by atoms with Crippen molar-refractivity contribution in [2.75, 3.05) is 13.1 Å². The molecule has 0 N–H and O–H groups in total. The van der Waals surface area contributed by atoms with Crippen LogP contribution < -0.4 is 0 Å². The molecule has 0 spiro atoms. The number of fused-ring (bicyclic) bond motifs is 1. The topological polar surface area (TPSA) is 25.2 Å². The smallest absolute Gasteiger partial charge is 0.165 e. The molecule has 0 aliphatic carbocycles. The summed E-state index contributed by atoms with van der Waals surface area (Å²) in [4.78, 5) is 15.3. The third kappa shape index (κ3) is 4.14. The van der Waals surface area contributed by atoms with Gasteiger partial charge in [0.05, 0.1) is 0 Å². The van der Waals surface area contributed by atoms with Crippen LogP contribution >= 0.6 is 0 Å². The van der Waals surface area contributed by atoms with Crippen molar-refractivity contribution in [1.29, 1.82) is 0 Å². The highest BCUT2D eigenvalue weighted by atomic mass is 16.1.